The zero-order valence-electron chi connectivity index (χ0n) is 21.0. The number of Topliss-reactive ketones (excluding diaryl/α,β-unsaturated/α-hetero) is 1. The molecule has 0 saturated carbocycles. The lowest BCUT2D eigenvalue weighted by atomic mass is 10.0. The molecule has 0 unspecified atom stereocenters. The molecule has 1 aliphatic rings. The van der Waals surface area contributed by atoms with Crippen LogP contribution in [-0.2, 0) is 14.3 Å². The van der Waals surface area contributed by atoms with Crippen LogP contribution in [0.4, 0.5) is 5.69 Å². The van der Waals surface area contributed by atoms with Crippen LogP contribution in [0.2, 0.25) is 0 Å². The number of ketones is 1. The highest BCUT2D eigenvalue weighted by atomic mass is 16.5. The SMILES string of the molecule is Cc1ccc(C(=O)COC(=O)[C@H]2CC(=O)N(c3ccc(Oc4ccccc4-c4ccccc4)cc3)C2)cc1. The van der Waals surface area contributed by atoms with Crippen molar-refractivity contribution in [3.63, 3.8) is 0 Å². The minimum Gasteiger partial charge on any atom is -0.457 e. The van der Waals surface area contributed by atoms with Crippen molar-refractivity contribution in [2.45, 2.75) is 13.3 Å². The average Bonchev–Trinajstić information content (AvgIpc) is 3.34. The standard InChI is InChI=1S/C32H27NO5/c1-22-11-13-24(14-12-22)29(34)21-37-32(36)25-19-31(35)33(20-25)26-15-17-27(18-16-26)38-30-10-6-5-9-28(30)23-7-3-2-4-8-23/h2-18,25H,19-21H2,1H3/t25-/m0/s1. The highest BCUT2D eigenvalue weighted by Crippen LogP contribution is 2.34. The number of para-hydroxylation sites is 1. The Morgan fingerprint density at radius 2 is 1.53 bits per heavy atom. The van der Waals surface area contributed by atoms with Crippen molar-refractivity contribution in [1.82, 2.24) is 0 Å². The molecule has 0 N–H and O–H groups in total. The van der Waals surface area contributed by atoms with Crippen molar-refractivity contribution in [2.75, 3.05) is 18.1 Å². The summed E-state index contributed by atoms with van der Waals surface area (Å²) in [7, 11) is 0. The smallest absolute Gasteiger partial charge is 0.311 e. The van der Waals surface area contributed by atoms with Gasteiger partial charge in [-0.1, -0.05) is 78.4 Å². The lowest BCUT2D eigenvalue weighted by Crippen LogP contribution is -2.27. The van der Waals surface area contributed by atoms with Crippen LogP contribution in [0, 0.1) is 12.8 Å². The van der Waals surface area contributed by atoms with Crippen LogP contribution in [0.5, 0.6) is 11.5 Å². The molecule has 5 rings (SSSR count). The van der Waals surface area contributed by atoms with E-state index in [9.17, 15) is 14.4 Å². The molecule has 1 aliphatic heterocycles. The van der Waals surface area contributed by atoms with Crippen LogP contribution in [0.1, 0.15) is 22.3 Å². The van der Waals surface area contributed by atoms with Gasteiger partial charge in [-0.3, -0.25) is 14.4 Å². The van der Waals surface area contributed by atoms with Crippen molar-refractivity contribution in [3.8, 4) is 22.6 Å². The lowest BCUT2D eigenvalue weighted by molar-refractivity contribution is -0.147. The molecule has 0 aliphatic carbocycles. The number of esters is 1. The number of benzene rings is 4. The van der Waals surface area contributed by atoms with E-state index in [2.05, 4.69) is 0 Å². The van der Waals surface area contributed by atoms with Gasteiger partial charge in [0.25, 0.3) is 0 Å². The number of carbonyl (C=O) groups is 3. The van der Waals surface area contributed by atoms with Gasteiger partial charge >= 0.3 is 5.97 Å². The molecule has 38 heavy (non-hydrogen) atoms. The maximum absolute atomic E-state index is 12.7. The molecule has 4 aromatic rings. The number of anilines is 1. The normalized spacial score (nSPS) is 14.8. The Bertz CT molecular complexity index is 1450. The summed E-state index contributed by atoms with van der Waals surface area (Å²) in [6.07, 6.45) is 0.0419. The Morgan fingerprint density at radius 1 is 0.842 bits per heavy atom. The van der Waals surface area contributed by atoms with Gasteiger partial charge in [0.15, 0.2) is 12.4 Å². The largest absolute Gasteiger partial charge is 0.457 e. The van der Waals surface area contributed by atoms with E-state index in [-0.39, 0.29) is 31.3 Å². The van der Waals surface area contributed by atoms with Gasteiger partial charge in [-0.15, -0.1) is 0 Å². The maximum atomic E-state index is 12.7. The fourth-order valence-electron chi connectivity index (χ4n) is 4.43. The number of nitrogens with zero attached hydrogens (tertiary/aromatic N) is 1. The van der Waals surface area contributed by atoms with E-state index in [0.29, 0.717) is 17.0 Å². The van der Waals surface area contributed by atoms with E-state index >= 15 is 0 Å². The highest BCUT2D eigenvalue weighted by Gasteiger charge is 2.36. The predicted molar refractivity (Wildman–Crippen MR) is 145 cm³/mol. The molecule has 4 aromatic carbocycles. The minimum atomic E-state index is -0.623. The summed E-state index contributed by atoms with van der Waals surface area (Å²) in [6, 6.07) is 32.1. The highest BCUT2D eigenvalue weighted by molar-refractivity contribution is 6.01. The molecular formula is C32H27NO5. The van der Waals surface area contributed by atoms with Crippen LogP contribution in [0.25, 0.3) is 11.1 Å². The number of hydrogen-bond donors (Lipinski definition) is 0. The van der Waals surface area contributed by atoms with Gasteiger partial charge in [-0.2, -0.15) is 0 Å². The monoisotopic (exact) mass is 505 g/mol. The van der Waals surface area contributed by atoms with Crippen LogP contribution in [-0.4, -0.2) is 30.8 Å². The second kappa shape index (κ2) is 11.1. The van der Waals surface area contributed by atoms with E-state index in [4.69, 9.17) is 9.47 Å². The van der Waals surface area contributed by atoms with Crippen molar-refractivity contribution in [2.24, 2.45) is 5.92 Å². The Labute approximate surface area is 221 Å². The Morgan fingerprint density at radius 3 is 2.26 bits per heavy atom. The van der Waals surface area contributed by atoms with Gasteiger partial charge in [0.05, 0.1) is 5.92 Å². The van der Waals surface area contributed by atoms with Gasteiger partial charge in [-0.25, -0.2) is 0 Å². The van der Waals surface area contributed by atoms with Crippen LogP contribution in [0.3, 0.4) is 0 Å². The molecule has 1 saturated heterocycles. The molecule has 1 heterocycles. The summed E-state index contributed by atoms with van der Waals surface area (Å²) in [5, 5.41) is 0. The first kappa shape index (κ1) is 25.0. The predicted octanol–water partition coefficient (Wildman–Crippen LogP) is 6.23. The van der Waals surface area contributed by atoms with Gasteiger partial charge < -0.3 is 14.4 Å². The number of ether oxygens (including phenoxy) is 2. The molecule has 1 fully saturated rings. The number of aryl methyl sites for hydroxylation is 1. The molecule has 190 valence electrons. The third kappa shape index (κ3) is 5.65. The molecule has 0 spiro atoms. The topological polar surface area (TPSA) is 72.9 Å². The van der Waals surface area contributed by atoms with Crippen molar-refractivity contribution in [1.29, 1.82) is 0 Å². The molecule has 0 bridgehead atoms. The van der Waals surface area contributed by atoms with Crippen molar-refractivity contribution >= 4 is 23.3 Å². The van der Waals surface area contributed by atoms with Crippen molar-refractivity contribution < 1.29 is 23.9 Å². The first-order chi connectivity index (χ1) is 18.5. The zero-order chi connectivity index (χ0) is 26.5. The summed E-state index contributed by atoms with van der Waals surface area (Å²) < 4.78 is 11.4. The summed E-state index contributed by atoms with van der Waals surface area (Å²) in [4.78, 5) is 39.2. The molecule has 1 amide bonds. The van der Waals surface area contributed by atoms with Gasteiger partial charge in [0.2, 0.25) is 5.91 Å². The van der Waals surface area contributed by atoms with Crippen LogP contribution >= 0.6 is 0 Å². The zero-order valence-corrected chi connectivity index (χ0v) is 21.0. The fourth-order valence-corrected chi connectivity index (χ4v) is 4.43. The Kier molecular flexibility index (Phi) is 7.31. The van der Waals surface area contributed by atoms with Gasteiger partial charge in [-0.05, 0) is 42.8 Å². The Balaban J connectivity index is 1.20. The van der Waals surface area contributed by atoms with Crippen LogP contribution in [0.15, 0.2) is 103 Å². The number of amides is 1. The van der Waals surface area contributed by atoms with E-state index in [1.165, 1.54) is 0 Å². The first-order valence-electron chi connectivity index (χ1n) is 12.5. The lowest BCUT2D eigenvalue weighted by Gasteiger charge is -2.17. The van der Waals surface area contributed by atoms with Crippen LogP contribution < -0.4 is 9.64 Å². The molecule has 6 nitrogen and oxygen atoms in total. The van der Waals surface area contributed by atoms with E-state index in [0.717, 1.165) is 22.4 Å². The summed E-state index contributed by atoms with van der Waals surface area (Å²) in [6.45, 7) is 1.79. The van der Waals surface area contributed by atoms with E-state index in [1.807, 2.05) is 73.7 Å². The quantitative estimate of drug-likeness (QED) is 0.210. The van der Waals surface area contributed by atoms with E-state index < -0.39 is 11.9 Å². The molecule has 1 atom stereocenters. The number of carbonyl (C=O) groups excluding carboxylic acids is 3. The molecular weight excluding hydrogens is 478 g/mol. The average molecular weight is 506 g/mol. The summed E-state index contributed by atoms with van der Waals surface area (Å²) >= 11 is 0. The fraction of sp³-hybridized carbons (Fsp3) is 0.156. The van der Waals surface area contributed by atoms with Gasteiger partial charge in [0.1, 0.15) is 11.5 Å². The third-order valence-corrected chi connectivity index (χ3v) is 6.53. The van der Waals surface area contributed by atoms with Gasteiger partial charge in [0, 0.05) is 29.8 Å². The van der Waals surface area contributed by atoms with E-state index in [1.54, 1.807) is 41.3 Å². The Hall–Kier alpha value is -4.71. The molecule has 0 radical (unpaired) electrons. The second-order valence-corrected chi connectivity index (χ2v) is 9.26. The number of hydrogen-bond acceptors (Lipinski definition) is 5. The van der Waals surface area contributed by atoms with Crippen molar-refractivity contribution in [3.05, 3.63) is 114 Å². The summed E-state index contributed by atoms with van der Waals surface area (Å²) in [5.41, 5.74) is 4.24. The first-order valence-corrected chi connectivity index (χ1v) is 12.5. The molecule has 0 aromatic heterocycles. The minimum absolute atomic E-state index is 0.0419. The second-order valence-electron chi connectivity index (χ2n) is 9.26. The molecule has 6 heteroatoms. The number of rotatable bonds is 8. The summed E-state index contributed by atoms with van der Waals surface area (Å²) in [5.74, 6) is -0.245. The maximum Gasteiger partial charge on any atom is 0.311 e. The third-order valence-electron chi connectivity index (χ3n) is 6.53.